The molecule has 172 valence electrons. The van der Waals surface area contributed by atoms with E-state index in [9.17, 15) is 9.59 Å². The van der Waals surface area contributed by atoms with E-state index in [4.69, 9.17) is 10.3 Å². The Hall–Kier alpha value is -4.00. The topological polar surface area (TPSA) is 102 Å². The zero-order chi connectivity index (χ0) is 23.5. The van der Waals surface area contributed by atoms with Gasteiger partial charge in [0.2, 0.25) is 11.8 Å². The minimum absolute atomic E-state index is 0.0628. The normalized spacial score (nSPS) is 15.6. The second-order valence-electron chi connectivity index (χ2n) is 8.69. The number of likely N-dealkylation sites (tertiary alicyclic amines) is 1. The van der Waals surface area contributed by atoms with E-state index in [2.05, 4.69) is 22.3 Å². The van der Waals surface area contributed by atoms with Crippen LogP contribution in [0.2, 0.25) is 0 Å². The van der Waals surface area contributed by atoms with Crippen LogP contribution >= 0.6 is 0 Å². The van der Waals surface area contributed by atoms with Gasteiger partial charge in [-0.1, -0.05) is 47.6 Å². The molecule has 1 fully saturated rings. The van der Waals surface area contributed by atoms with E-state index in [-0.39, 0.29) is 11.9 Å². The molecule has 1 aliphatic heterocycles. The number of carbonyl (C=O) groups is 2. The average molecular weight is 455 g/mol. The molecule has 34 heavy (non-hydrogen) atoms. The predicted octanol–water partition coefficient (Wildman–Crippen LogP) is 4.47. The van der Waals surface area contributed by atoms with Crippen LogP contribution in [0.5, 0.6) is 0 Å². The summed E-state index contributed by atoms with van der Waals surface area (Å²) in [5.41, 5.74) is 7.70. The number of rotatable bonds is 7. The molecule has 1 atom stereocenters. The molecule has 0 unspecified atom stereocenters. The Bertz CT molecular complexity index is 1330. The molecule has 7 heteroatoms. The smallest absolute Gasteiger partial charge is 0.254 e. The van der Waals surface area contributed by atoms with Gasteiger partial charge in [0.05, 0.1) is 0 Å². The summed E-state index contributed by atoms with van der Waals surface area (Å²) in [6.45, 7) is 0.647. The Morgan fingerprint density at radius 3 is 2.47 bits per heavy atom. The molecule has 2 N–H and O–H groups in total. The third kappa shape index (κ3) is 4.55. The van der Waals surface area contributed by atoms with Crippen LogP contribution in [0.25, 0.3) is 10.8 Å². The Morgan fingerprint density at radius 1 is 0.971 bits per heavy atom. The highest BCUT2D eigenvalue weighted by Gasteiger charge is 2.34. The largest absolute Gasteiger partial charge is 0.366 e. The first-order valence-corrected chi connectivity index (χ1v) is 11.6. The van der Waals surface area contributed by atoms with Crippen LogP contribution in [0, 0.1) is 0 Å². The third-order valence-electron chi connectivity index (χ3n) is 6.36. The van der Waals surface area contributed by atoms with Crippen molar-refractivity contribution in [2.75, 3.05) is 6.54 Å². The molecule has 0 spiro atoms. The Morgan fingerprint density at radius 2 is 1.71 bits per heavy atom. The molecular formula is C27H26N4O3. The maximum atomic E-state index is 13.3. The number of hydrogen-bond donors (Lipinski definition) is 1. The zero-order valence-electron chi connectivity index (χ0n) is 18.8. The fourth-order valence-corrected chi connectivity index (χ4v) is 4.56. The molecule has 1 saturated heterocycles. The Kier molecular flexibility index (Phi) is 6.08. The summed E-state index contributed by atoms with van der Waals surface area (Å²) in [6.07, 6.45) is 4.31. The summed E-state index contributed by atoms with van der Waals surface area (Å²) in [5, 5.41) is 5.90. The standard InChI is InChI=1S/C27H26N4O3/c28-25(32)21-13-11-20-17-22(14-12-19(20)16-21)27(33)31-15-5-9-23(31)26-29-24(30-34-26)10-4-8-18-6-2-1-3-7-18/h1-3,6-7,11-14,16-17,23H,4-5,8-10,15H2,(H2,28,32)/t23-/m0/s1. The minimum atomic E-state index is -0.471. The lowest BCUT2D eigenvalue weighted by molar-refractivity contribution is 0.0710. The van der Waals surface area contributed by atoms with Crippen molar-refractivity contribution >= 4 is 22.6 Å². The van der Waals surface area contributed by atoms with Crippen LogP contribution in [0.15, 0.2) is 71.3 Å². The number of aromatic nitrogens is 2. The van der Waals surface area contributed by atoms with Gasteiger partial charge < -0.3 is 15.2 Å². The van der Waals surface area contributed by atoms with Gasteiger partial charge in [0, 0.05) is 24.1 Å². The third-order valence-corrected chi connectivity index (χ3v) is 6.36. The number of primary amides is 1. The van der Waals surface area contributed by atoms with E-state index in [1.807, 2.05) is 41.3 Å². The number of carbonyl (C=O) groups excluding carboxylic acids is 2. The van der Waals surface area contributed by atoms with Gasteiger partial charge in [-0.2, -0.15) is 4.98 Å². The first-order valence-electron chi connectivity index (χ1n) is 11.6. The van der Waals surface area contributed by atoms with Crippen LogP contribution in [-0.4, -0.2) is 33.4 Å². The Balaban J connectivity index is 1.27. The van der Waals surface area contributed by atoms with Gasteiger partial charge in [-0.05, 0) is 66.3 Å². The molecular weight excluding hydrogens is 428 g/mol. The first kappa shape index (κ1) is 21.8. The van der Waals surface area contributed by atoms with Crippen molar-refractivity contribution in [3.63, 3.8) is 0 Å². The maximum Gasteiger partial charge on any atom is 0.254 e. The average Bonchev–Trinajstić information content (AvgIpc) is 3.53. The summed E-state index contributed by atoms with van der Waals surface area (Å²) >= 11 is 0. The van der Waals surface area contributed by atoms with Gasteiger partial charge in [0.1, 0.15) is 6.04 Å². The molecule has 5 rings (SSSR count). The number of aryl methyl sites for hydroxylation is 2. The van der Waals surface area contributed by atoms with Gasteiger partial charge in [0.15, 0.2) is 5.82 Å². The molecule has 2 amide bonds. The van der Waals surface area contributed by atoms with Gasteiger partial charge >= 0.3 is 0 Å². The molecule has 0 saturated carbocycles. The number of fused-ring (bicyclic) bond motifs is 1. The van der Waals surface area contributed by atoms with Gasteiger partial charge in [-0.15, -0.1) is 0 Å². The zero-order valence-corrected chi connectivity index (χ0v) is 18.8. The number of nitrogens with zero attached hydrogens (tertiary/aromatic N) is 3. The van der Waals surface area contributed by atoms with Gasteiger partial charge in [0.25, 0.3) is 5.91 Å². The lowest BCUT2D eigenvalue weighted by Crippen LogP contribution is -2.30. The SMILES string of the molecule is NC(=O)c1ccc2cc(C(=O)N3CCC[C@H]3c3nc(CCCc4ccccc4)no3)ccc2c1. The molecule has 2 heterocycles. The van der Waals surface area contributed by atoms with Crippen LogP contribution in [-0.2, 0) is 12.8 Å². The minimum Gasteiger partial charge on any atom is -0.366 e. The molecule has 0 bridgehead atoms. The number of hydrogen-bond acceptors (Lipinski definition) is 5. The summed E-state index contributed by atoms with van der Waals surface area (Å²) in [4.78, 5) is 31.2. The highest BCUT2D eigenvalue weighted by atomic mass is 16.5. The van der Waals surface area contributed by atoms with Crippen LogP contribution in [0.4, 0.5) is 0 Å². The molecule has 0 radical (unpaired) electrons. The van der Waals surface area contributed by atoms with Crippen molar-refractivity contribution < 1.29 is 14.1 Å². The summed E-state index contributed by atoms with van der Waals surface area (Å²) in [6, 6.07) is 20.8. The van der Waals surface area contributed by atoms with E-state index in [1.165, 1.54) is 5.56 Å². The van der Waals surface area contributed by atoms with E-state index >= 15 is 0 Å². The molecule has 4 aromatic rings. The molecule has 1 aromatic heterocycles. The van der Waals surface area contributed by atoms with Crippen molar-refractivity contribution in [2.45, 2.75) is 38.1 Å². The van der Waals surface area contributed by atoms with E-state index in [0.29, 0.717) is 29.4 Å². The second-order valence-corrected chi connectivity index (χ2v) is 8.69. The lowest BCUT2D eigenvalue weighted by atomic mass is 10.0. The molecule has 0 aliphatic carbocycles. The Labute approximate surface area is 197 Å². The van der Waals surface area contributed by atoms with E-state index in [0.717, 1.165) is 42.9 Å². The molecule has 7 nitrogen and oxygen atoms in total. The van der Waals surface area contributed by atoms with Crippen LogP contribution in [0.1, 0.15) is 63.3 Å². The fourth-order valence-electron chi connectivity index (χ4n) is 4.56. The quantitative estimate of drug-likeness (QED) is 0.444. The summed E-state index contributed by atoms with van der Waals surface area (Å²) < 4.78 is 5.57. The van der Waals surface area contributed by atoms with Crippen LogP contribution < -0.4 is 5.73 Å². The van der Waals surface area contributed by atoms with Crippen molar-refractivity contribution in [3.05, 3.63) is 95.1 Å². The van der Waals surface area contributed by atoms with Crippen molar-refractivity contribution in [1.29, 1.82) is 0 Å². The second kappa shape index (κ2) is 9.47. The maximum absolute atomic E-state index is 13.3. The predicted molar refractivity (Wildman–Crippen MR) is 128 cm³/mol. The highest BCUT2D eigenvalue weighted by molar-refractivity contribution is 6.01. The highest BCUT2D eigenvalue weighted by Crippen LogP contribution is 2.33. The number of nitrogens with two attached hydrogens (primary N) is 1. The molecule has 3 aromatic carbocycles. The summed E-state index contributed by atoms with van der Waals surface area (Å²) in [7, 11) is 0. The van der Waals surface area contributed by atoms with Gasteiger partial charge in [-0.25, -0.2) is 0 Å². The van der Waals surface area contributed by atoms with Crippen molar-refractivity contribution in [1.82, 2.24) is 15.0 Å². The first-order chi connectivity index (χ1) is 16.6. The van der Waals surface area contributed by atoms with Crippen molar-refractivity contribution in [2.24, 2.45) is 5.73 Å². The number of amides is 2. The van der Waals surface area contributed by atoms with Gasteiger partial charge in [-0.3, -0.25) is 9.59 Å². The fraction of sp³-hybridized carbons (Fsp3) is 0.259. The van der Waals surface area contributed by atoms with Crippen molar-refractivity contribution in [3.8, 4) is 0 Å². The molecule has 1 aliphatic rings. The lowest BCUT2D eigenvalue weighted by Gasteiger charge is -2.22. The number of benzene rings is 3. The summed E-state index contributed by atoms with van der Waals surface area (Å²) in [5.74, 6) is 0.654. The monoisotopic (exact) mass is 454 g/mol. The van der Waals surface area contributed by atoms with Crippen LogP contribution in [0.3, 0.4) is 0 Å². The van der Waals surface area contributed by atoms with E-state index < -0.39 is 5.91 Å². The van der Waals surface area contributed by atoms with E-state index in [1.54, 1.807) is 18.2 Å².